The van der Waals surface area contributed by atoms with Crippen molar-refractivity contribution in [3.05, 3.63) is 16.0 Å². The molecule has 2 N–H and O–H groups in total. The molecule has 0 unspecified atom stereocenters. The number of anilines is 1. The van der Waals surface area contributed by atoms with Crippen LogP contribution in [0.3, 0.4) is 0 Å². The third-order valence-electron chi connectivity index (χ3n) is 3.74. The molecule has 1 rings (SSSR count). The van der Waals surface area contributed by atoms with Crippen molar-refractivity contribution in [2.45, 2.75) is 59.3 Å². The Kier molecular flexibility index (Phi) is 9.17. The summed E-state index contributed by atoms with van der Waals surface area (Å²) in [4.78, 5) is 13.2. The van der Waals surface area contributed by atoms with E-state index in [0.717, 1.165) is 34.8 Å². The summed E-state index contributed by atoms with van der Waals surface area (Å²) in [5.74, 6) is -0.309. The normalized spacial score (nSPS) is 10.4. The van der Waals surface area contributed by atoms with Crippen LogP contribution in [0.15, 0.2) is 0 Å². The van der Waals surface area contributed by atoms with E-state index in [1.54, 1.807) is 11.3 Å². The number of thiophene rings is 1. The Labute approximate surface area is 149 Å². The highest BCUT2D eigenvalue weighted by molar-refractivity contribution is 7.80. The summed E-state index contributed by atoms with van der Waals surface area (Å²) in [5.41, 5.74) is 1.65. The molecule has 0 atom stereocenters. The van der Waals surface area contributed by atoms with Gasteiger partial charge in [0.25, 0.3) is 0 Å². The maximum Gasteiger partial charge on any atom is 0.341 e. The van der Waals surface area contributed by atoms with E-state index < -0.39 is 0 Å². The number of rotatable bonds is 9. The van der Waals surface area contributed by atoms with E-state index in [9.17, 15) is 4.79 Å². The van der Waals surface area contributed by atoms with Crippen LogP contribution in [0.5, 0.6) is 0 Å². The molecule has 6 heteroatoms. The van der Waals surface area contributed by atoms with Crippen LogP contribution in [0.25, 0.3) is 0 Å². The first kappa shape index (κ1) is 19.9. The number of ether oxygens (including phenoxy) is 1. The smallest absolute Gasteiger partial charge is 0.341 e. The summed E-state index contributed by atoms with van der Waals surface area (Å²) in [6.45, 7) is 7.13. The van der Waals surface area contributed by atoms with Gasteiger partial charge in [0.1, 0.15) is 5.00 Å². The number of hydrogen-bond donors (Lipinski definition) is 2. The van der Waals surface area contributed by atoms with Crippen molar-refractivity contribution in [1.82, 2.24) is 5.32 Å². The molecule has 0 bridgehead atoms. The van der Waals surface area contributed by atoms with Crippen molar-refractivity contribution in [3.8, 4) is 0 Å². The molecule has 4 nitrogen and oxygen atoms in total. The van der Waals surface area contributed by atoms with Crippen molar-refractivity contribution >= 4 is 39.6 Å². The van der Waals surface area contributed by atoms with Gasteiger partial charge in [-0.25, -0.2) is 4.79 Å². The average Bonchev–Trinajstić information content (AvgIpc) is 2.85. The highest BCUT2D eigenvalue weighted by Gasteiger charge is 2.22. The molecule has 0 spiro atoms. The summed E-state index contributed by atoms with van der Waals surface area (Å²) >= 11 is 6.89. The molecule has 0 aromatic carbocycles. The van der Waals surface area contributed by atoms with Gasteiger partial charge in [-0.2, -0.15) is 0 Å². The van der Waals surface area contributed by atoms with E-state index in [1.807, 2.05) is 13.8 Å². The van der Waals surface area contributed by atoms with Crippen LogP contribution < -0.4 is 10.6 Å². The second-order valence-corrected chi connectivity index (χ2v) is 7.11. The van der Waals surface area contributed by atoms with Crippen LogP contribution in [0.1, 0.15) is 66.8 Å². The van der Waals surface area contributed by atoms with E-state index in [4.69, 9.17) is 17.0 Å². The molecule has 0 saturated carbocycles. The number of hydrogen-bond acceptors (Lipinski definition) is 4. The van der Waals surface area contributed by atoms with Crippen LogP contribution in [0.4, 0.5) is 5.00 Å². The maximum absolute atomic E-state index is 12.1. The van der Waals surface area contributed by atoms with Gasteiger partial charge in [-0.05, 0) is 37.5 Å². The largest absolute Gasteiger partial charge is 0.465 e. The molecule has 1 aromatic heterocycles. The minimum atomic E-state index is -0.309. The molecule has 1 heterocycles. The van der Waals surface area contributed by atoms with Gasteiger partial charge in [-0.3, -0.25) is 0 Å². The minimum absolute atomic E-state index is 0.309. The number of thiocarbonyl (C=S) groups is 1. The zero-order valence-corrected chi connectivity index (χ0v) is 16.2. The van der Waals surface area contributed by atoms with Gasteiger partial charge in [-0.15, -0.1) is 11.3 Å². The predicted molar refractivity (Wildman–Crippen MR) is 103 cm³/mol. The Bertz CT molecular complexity index is 527. The lowest BCUT2D eigenvalue weighted by molar-refractivity contribution is 0.0601. The summed E-state index contributed by atoms with van der Waals surface area (Å²) in [7, 11) is 1.41. The van der Waals surface area contributed by atoms with Gasteiger partial charge in [-0.1, -0.05) is 39.5 Å². The van der Waals surface area contributed by atoms with Gasteiger partial charge >= 0.3 is 5.97 Å². The average molecular weight is 357 g/mol. The Morgan fingerprint density at radius 1 is 1.22 bits per heavy atom. The molecule has 0 fully saturated rings. The molecule has 0 radical (unpaired) electrons. The highest BCUT2D eigenvalue weighted by atomic mass is 32.1. The van der Waals surface area contributed by atoms with E-state index in [0.29, 0.717) is 10.7 Å². The number of nitrogens with one attached hydrogen (secondary N) is 2. The lowest BCUT2D eigenvalue weighted by atomic mass is 10.1. The first-order chi connectivity index (χ1) is 11.0. The van der Waals surface area contributed by atoms with E-state index in [-0.39, 0.29) is 5.97 Å². The molecule has 130 valence electrons. The fraction of sp³-hybridized carbons (Fsp3) is 0.647. The van der Waals surface area contributed by atoms with Crippen LogP contribution in [-0.2, 0) is 11.2 Å². The summed E-state index contributed by atoms with van der Waals surface area (Å²) in [6.07, 6.45) is 6.94. The SMILES string of the molecule is CCCCCCCNC(=S)Nc1sc(C)c(CC)c1C(=O)OC. The Balaban J connectivity index is 2.59. The standard InChI is InChI=1S/C17H28N2O2S2/c1-5-7-8-9-10-11-18-17(22)19-15-14(16(20)21-4)13(6-2)12(3)23-15/h5-11H2,1-4H3,(H2,18,19,22). The van der Waals surface area contributed by atoms with Crippen molar-refractivity contribution in [3.63, 3.8) is 0 Å². The third kappa shape index (κ3) is 6.11. The van der Waals surface area contributed by atoms with Gasteiger partial charge in [0.2, 0.25) is 0 Å². The number of carbonyl (C=O) groups excluding carboxylic acids is 1. The van der Waals surface area contributed by atoms with Crippen molar-refractivity contribution in [2.75, 3.05) is 19.0 Å². The van der Waals surface area contributed by atoms with Gasteiger partial charge in [0.05, 0.1) is 12.7 Å². The zero-order chi connectivity index (χ0) is 17.2. The van der Waals surface area contributed by atoms with Crippen molar-refractivity contribution in [1.29, 1.82) is 0 Å². The molecule has 23 heavy (non-hydrogen) atoms. The van der Waals surface area contributed by atoms with Crippen molar-refractivity contribution in [2.24, 2.45) is 0 Å². The topological polar surface area (TPSA) is 50.4 Å². The van der Waals surface area contributed by atoms with Gasteiger partial charge < -0.3 is 15.4 Å². The molecule has 1 aromatic rings. The van der Waals surface area contributed by atoms with Gasteiger partial charge in [0.15, 0.2) is 5.11 Å². The van der Waals surface area contributed by atoms with Crippen LogP contribution in [-0.4, -0.2) is 24.7 Å². The first-order valence-corrected chi connectivity index (χ1v) is 9.52. The number of aryl methyl sites for hydroxylation is 1. The second-order valence-electron chi connectivity index (χ2n) is 5.48. The summed E-state index contributed by atoms with van der Waals surface area (Å²) < 4.78 is 4.91. The Morgan fingerprint density at radius 3 is 2.52 bits per heavy atom. The molecular weight excluding hydrogens is 328 g/mol. The van der Waals surface area contributed by atoms with Crippen LogP contribution >= 0.6 is 23.6 Å². The lowest BCUT2D eigenvalue weighted by Gasteiger charge is -2.11. The Hall–Kier alpha value is -1.14. The maximum atomic E-state index is 12.1. The number of carbonyl (C=O) groups is 1. The first-order valence-electron chi connectivity index (χ1n) is 8.30. The van der Waals surface area contributed by atoms with E-state index >= 15 is 0 Å². The molecule has 0 amide bonds. The monoisotopic (exact) mass is 356 g/mol. The minimum Gasteiger partial charge on any atom is -0.465 e. The van der Waals surface area contributed by atoms with Gasteiger partial charge in [0, 0.05) is 11.4 Å². The lowest BCUT2D eigenvalue weighted by Crippen LogP contribution is -2.29. The second kappa shape index (κ2) is 10.6. The number of esters is 1. The quantitative estimate of drug-likeness (QED) is 0.383. The fourth-order valence-corrected chi connectivity index (χ4v) is 3.89. The summed E-state index contributed by atoms with van der Waals surface area (Å²) in [5, 5.41) is 7.71. The predicted octanol–water partition coefficient (Wildman–Crippen LogP) is 4.66. The van der Waals surface area contributed by atoms with Crippen LogP contribution in [0, 0.1) is 6.92 Å². The molecule has 0 saturated heterocycles. The van der Waals surface area contributed by atoms with E-state index in [1.165, 1.54) is 32.8 Å². The zero-order valence-electron chi connectivity index (χ0n) is 14.6. The molecule has 0 aliphatic heterocycles. The van der Waals surface area contributed by atoms with Crippen LogP contribution in [0.2, 0.25) is 0 Å². The fourth-order valence-electron chi connectivity index (χ4n) is 2.49. The summed E-state index contributed by atoms with van der Waals surface area (Å²) in [6, 6.07) is 0. The van der Waals surface area contributed by atoms with Crippen molar-refractivity contribution < 1.29 is 9.53 Å². The highest BCUT2D eigenvalue weighted by Crippen LogP contribution is 2.33. The molecular formula is C17H28N2O2S2. The van der Waals surface area contributed by atoms with E-state index in [2.05, 4.69) is 17.6 Å². The Morgan fingerprint density at radius 2 is 1.91 bits per heavy atom. The number of unbranched alkanes of at least 4 members (excludes halogenated alkanes) is 4. The number of methoxy groups -OCH3 is 1. The molecule has 0 aliphatic carbocycles. The molecule has 0 aliphatic rings. The third-order valence-corrected chi connectivity index (χ3v) is 5.05.